The van der Waals surface area contributed by atoms with Crippen LogP contribution in [-0.4, -0.2) is 0 Å². The van der Waals surface area contributed by atoms with Crippen molar-refractivity contribution < 1.29 is 0 Å². The summed E-state index contributed by atoms with van der Waals surface area (Å²) in [6.07, 6.45) is 10.3. The predicted molar refractivity (Wildman–Crippen MR) is 50.6 cm³/mol. The summed E-state index contributed by atoms with van der Waals surface area (Å²) >= 11 is 0. The van der Waals surface area contributed by atoms with E-state index >= 15 is 0 Å². The quantitative estimate of drug-likeness (QED) is 0.525. The molecule has 0 aromatic carbocycles. The van der Waals surface area contributed by atoms with Gasteiger partial charge in [0, 0.05) is 0 Å². The fraction of sp³-hybridized carbons (Fsp3) is 1.00. The molecule has 0 amide bonds. The van der Waals surface area contributed by atoms with Gasteiger partial charge in [-0.3, -0.25) is 0 Å². The van der Waals surface area contributed by atoms with Gasteiger partial charge in [-0.25, -0.2) is 0 Å². The number of hydrogen-bond donors (Lipinski definition) is 0. The Hall–Kier alpha value is 0. The van der Waals surface area contributed by atoms with Crippen LogP contribution in [0.4, 0.5) is 0 Å². The van der Waals surface area contributed by atoms with E-state index in [0.717, 1.165) is 11.8 Å². The lowest BCUT2D eigenvalue weighted by Gasteiger charge is -2.34. The van der Waals surface area contributed by atoms with Crippen molar-refractivity contribution in [1.29, 1.82) is 0 Å². The van der Waals surface area contributed by atoms with Gasteiger partial charge in [-0.05, 0) is 24.7 Å². The van der Waals surface area contributed by atoms with Crippen LogP contribution >= 0.6 is 0 Å². The van der Waals surface area contributed by atoms with Crippen LogP contribution in [0, 0.1) is 11.8 Å². The second-order valence-electron chi connectivity index (χ2n) is 4.11. The van der Waals surface area contributed by atoms with Crippen molar-refractivity contribution in [3.05, 3.63) is 0 Å². The highest BCUT2D eigenvalue weighted by Crippen LogP contribution is 2.38. The maximum atomic E-state index is 2.33. The maximum absolute atomic E-state index is 2.33. The van der Waals surface area contributed by atoms with E-state index in [1.165, 1.54) is 32.1 Å². The summed E-state index contributed by atoms with van der Waals surface area (Å²) in [7, 11) is 0. The van der Waals surface area contributed by atoms with Gasteiger partial charge >= 0.3 is 0 Å². The molecule has 0 saturated heterocycles. The van der Waals surface area contributed by atoms with Crippen molar-refractivity contribution in [2.24, 2.45) is 11.8 Å². The molecule has 0 aliphatic heterocycles. The summed E-state index contributed by atoms with van der Waals surface area (Å²) in [5.41, 5.74) is 0. The first kappa shape index (κ1) is 9.09. The minimum absolute atomic E-state index is 1.10. The van der Waals surface area contributed by atoms with E-state index in [-0.39, 0.29) is 0 Å². The zero-order chi connectivity index (χ0) is 8.10. The van der Waals surface area contributed by atoms with Gasteiger partial charge in [0.15, 0.2) is 0 Å². The van der Waals surface area contributed by atoms with Crippen molar-refractivity contribution in [3.8, 4) is 0 Å². The van der Waals surface area contributed by atoms with Gasteiger partial charge in [-0.1, -0.05) is 46.0 Å². The number of hydrogen-bond acceptors (Lipinski definition) is 0. The summed E-state index contributed by atoms with van der Waals surface area (Å²) in [6.45, 7) is 4.61. The monoisotopic (exact) mass is 154 g/mol. The van der Waals surface area contributed by atoms with E-state index in [1.807, 2.05) is 0 Å². The molecule has 0 unspecified atom stereocenters. The lowest BCUT2D eigenvalue weighted by atomic mass is 9.71. The first-order valence-corrected chi connectivity index (χ1v) is 5.36. The van der Waals surface area contributed by atoms with E-state index in [2.05, 4.69) is 13.8 Å². The normalized spacial score (nSPS) is 30.0. The van der Waals surface area contributed by atoms with Crippen LogP contribution in [0.2, 0.25) is 0 Å². The Morgan fingerprint density at radius 2 is 1.73 bits per heavy atom. The molecule has 1 rings (SSSR count). The van der Waals surface area contributed by atoms with E-state index < -0.39 is 0 Å². The summed E-state index contributed by atoms with van der Waals surface area (Å²) < 4.78 is 0. The maximum Gasteiger partial charge on any atom is -0.0409 e. The molecule has 0 radical (unpaired) electrons. The Bertz CT molecular complexity index is 90.2. The van der Waals surface area contributed by atoms with Crippen molar-refractivity contribution in [1.82, 2.24) is 0 Å². The zero-order valence-electron chi connectivity index (χ0n) is 8.10. The van der Waals surface area contributed by atoms with Crippen molar-refractivity contribution in [2.45, 2.75) is 58.8 Å². The molecule has 0 aromatic heterocycles. The zero-order valence-corrected chi connectivity index (χ0v) is 8.10. The lowest BCUT2D eigenvalue weighted by molar-refractivity contribution is 0.173. The molecule has 1 fully saturated rings. The summed E-state index contributed by atoms with van der Waals surface area (Å²) in [5, 5.41) is 0. The average Bonchev–Trinajstić information content (AvgIpc) is 1.94. The van der Waals surface area contributed by atoms with Crippen LogP contribution in [0.3, 0.4) is 0 Å². The van der Waals surface area contributed by atoms with Gasteiger partial charge < -0.3 is 0 Å². The second-order valence-corrected chi connectivity index (χ2v) is 4.11. The molecule has 0 N–H and O–H groups in total. The van der Waals surface area contributed by atoms with Crippen LogP contribution in [0.1, 0.15) is 58.8 Å². The van der Waals surface area contributed by atoms with Gasteiger partial charge in [0.05, 0.1) is 0 Å². The third-order valence-electron chi connectivity index (χ3n) is 3.13. The molecule has 1 aliphatic carbocycles. The molecule has 1 saturated carbocycles. The van der Waals surface area contributed by atoms with Crippen molar-refractivity contribution >= 4 is 0 Å². The van der Waals surface area contributed by atoms with Crippen LogP contribution < -0.4 is 0 Å². The molecule has 0 nitrogen and oxygen atoms in total. The Morgan fingerprint density at radius 3 is 2.27 bits per heavy atom. The molecule has 1 aliphatic rings. The summed E-state index contributed by atoms with van der Waals surface area (Å²) in [6, 6.07) is 0. The Labute approximate surface area is 71.4 Å². The fourth-order valence-electron chi connectivity index (χ4n) is 2.13. The Balaban J connectivity index is 1.88. The summed E-state index contributed by atoms with van der Waals surface area (Å²) in [4.78, 5) is 0. The van der Waals surface area contributed by atoms with Crippen LogP contribution in [0.15, 0.2) is 0 Å². The van der Waals surface area contributed by atoms with Gasteiger partial charge in [0.2, 0.25) is 0 Å². The van der Waals surface area contributed by atoms with Gasteiger partial charge in [0.1, 0.15) is 0 Å². The summed E-state index contributed by atoms with van der Waals surface area (Å²) in [5.74, 6) is 2.22. The highest BCUT2D eigenvalue weighted by atomic mass is 14.3. The van der Waals surface area contributed by atoms with Crippen LogP contribution in [-0.2, 0) is 0 Å². The molecule has 66 valence electrons. The second kappa shape index (κ2) is 4.79. The smallest absolute Gasteiger partial charge is 0.0409 e. The van der Waals surface area contributed by atoms with E-state index in [9.17, 15) is 0 Å². The van der Waals surface area contributed by atoms with Crippen LogP contribution in [0.25, 0.3) is 0 Å². The molecule has 0 heterocycles. The third kappa shape index (κ3) is 2.84. The van der Waals surface area contributed by atoms with Crippen molar-refractivity contribution in [3.63, 3.8) is 0 Å². The Kier molecular flexibility index (Phi) is 3.96. The third-order valence-corrected chi connectivity index (χ3v) is 3.13. The van der Waals surface area contributed by atoms with Gasteiger partial charge in [0.25, 0.3) is 0 Å². The Morgan fingerprint density at radius 1 is 1.00 bits per heavy atom. The molecular formula is C11H22. The molecule has 11 heavy (non-hydrogen) atoms. The lowest BCUT2D eigenvalue weighted by Crippen LogP contribution is -2.22. The van der Waals surface area contributed by atoms with Crippen molar-refractivity contribution in [2.75, 3.05) is 0 Å². The van der Waals surface area contributed by atoms with E-state index in [1.54, 1.807) is 12.8 Å². The predicted octanol–water partition coefficient (Wildman–Crippen LogP) is 4.00. The minimum Gasteiger partial charge on any atom is -0.0654 e. The topological polar surface area (TPSA) is 0 Å². The fourth-order valence-corrected chi connectivity index (χ4v) is 2.13. The van der Waals surface area contributed by atoms with E-state index in [4.69, 9.17) is 0 Å². The first-order chi connectivity index (χ1) is 5.36. The highest BCUT2D eigenvalue weighted by molar-refractivity contribution is 4.77. The molecule has 0 aromatic rings. The largest absolute Gasteiger partial charge is 0.0654 e. The minimum atomic E-state index is 1.10. The molecule has 0 bridgehead atoms. The standard InChI is InChI=1S/C11H22/c1-3-5-6-7-11-8-10(4-2)9-11/h10-11H,3-9H2,1-2H3. The average molecular weight is 154 g/mol. The highest BCUT2D eigenvalue weighted by Gasteiger charge is 2.26. The molecular weight excluding hydrogens is 132 g/mol. The number of rotatable bonds is 5. The van der Waals surface area contributed by atoms with Gasteiger partial charge in [-0.2, -0.15) is 0 Å². The molecule has 0 atom stereocenters. The first-order valence-electron chi connectivity index (χ1n) is 5.36. The molecule has 0 spiro atoms. The van der Waals surface area contributed by atoms with Gasteiger partial charge in [-0.15, -0.1) is 0 Å². The SMILES string of the molecule is CCCCCC1CC(CC)C1. The number of unbranched alkanes of at least 4 members (excludes halogenated alkanes) is 2. The van der Waals surface area contributed by atoms with E-state index in [0.29, 0.717) is 0 Å². The molecule has 0 heteroatoms. The van der Waals surface area contributed by atoms with Crippen LogP contribution in [0.5, 0.6) is 0 Å².